The summed E-state index contributed by atoms with van der Waals surface area (Å²) >= 11 is 0. The van der Waals surface area contributed by atoms with E-state index in [1.807, 2.05) is 11.0 Å². The van der Waals surface area contributed by atoms with E-state index in [1.165, 1.54) is 12.5 Å². The van der Waals surface area contributed by atoms with E-state index in [0.717, 1.165) is 30.5 Å². The minimum atomic E-state index is -3.56. The van der Waals surface area contributed by atoms with Crippen LogP contribution in [0.15, 0.2) is 53.4 Å². The number of rotatable bonds is 6. The SMILES string of the molecule is CC(=O)N1CCc2cc(S(=O)(=O)CCC(=O)N3CCC(Cc4ccccc4)CC3)ccc21. The molecule has 2 aliphatic rings. The molecule has 2 aromatic rings. The van der Waals surface area contributed by atoms with Gasteiger partial charge in [-0.2, -0.15) is 0 Å². The lowest BCUT2D eigenvalue weighted by Crippen LogP contribution is -2.39. The maximum Gasteiger partial charge on any atom is 0.223 e. The molecule has 2 heterocycles. The van der Waals surface area contributed by atoms with E-state index in [4.69, 9.17) is 0 Å². The zero-order valence-corrected chi connectivity index (χ0v) is 19.3. The molecule has 0 saturated carbocycles. The van der Waals surface area contributed by atoms with Crippen molar-refractivity contribution >= 4 is 27.3 Å². The molecule has 0 N–H and O–H groups in total. The van der Waals surface area contributed by atoms with Crippen LogP contribution in [0.1, 0.15) is 37.3 Å². The number of carbonyl (C=O) groups is 2. The highest BCUT2D eigenvalue weighted by atomic mass is 32.2. The summed E-state index contributed by atoms with van der Waals surface area (Å²) in [6.07, 6.45) is 3.57. The topological polar surface area (TPSA) is 74.8 Å². The molecule has 2 aliphatic heterocycles. The third-order valence-corrected chi connectivity index (χ3v) is 8.32. The molecular formula is C25H30N2O4S. The van der Waals surface area contributed by atoms with Gasteiger partial charge in [0.25, 0.3) is 0 Å². The summed E-state index contributed by atoms with van der Waals surface area (Å²) in [7, 11) is -3.56. The molecule has 4 rings (SSSR count). The number of sulfone groups is 1. The van der Waals surface area contributed by atoms with Crippen LogP contribution in [-0.4, -0.2) is 50.5 Å². The maximum atomic E-state index is 12.8. The Morgan fingerprint density at radius 3 is 2.41 bits per heavy atom. The summed E-state index contributed by atoms with van der Waals surface area (Å²) in [5.74, 6) is 0.240. The summed E-state index contributed by atoms with van der Waals surface area (Å²) in [4.78, 5) is 28.1. The number of piperidine rings is 1. The van der Waals surface area contributed by atoms with Crippen LogP contribution in [0.2, 0.25) is 0 Å². The first kappa shape index (κ1) is 22.5. The van der Waals surface area contributed by atoms with Gasteiger partial charge < -0.3 is 9.80 Å². The van der Waals surface area contributed by atoms with Crippen molar-refractivity contribution in [1.29, 1.82) is 0 Å². The van der Waals surface area contributed by atoms with Crippen molar-refractivity contribution in [3.63, 3.8) is 0 Å². The van der Waals surface area contributed by atoms with Crippen molar-refractivity contribution in [2.45, 2.75) is 43.9 Å². The zero-order valence-electron chi connectivity index (χ0n) is 18.5. The lowest BCUT2D eigenvalue weighted by Gasteiger charge is -2.32. The number of likely N-dealkylation sites (tertiary alicyclic amines) is 1. The number of fused-ring (bicyclic) bond motifs is 1. The lowest BCUT2D eigenvalue weighted by molar-refractivity contribution is -0.132. The van der Waals surface area contributed by atoms with Crippen LogP contribution in [0, 0.1) is 5.92 Å². The van der Waals surface area contributed by atoms with Crippen LogP contribution < -0.4 is 4.90 Å². The second kappa shape index (κ2) is 9.45. The summed E-state index contributed by atoms with van der Waals surface area (Å²) in [5, 5.41) is 0. The molecule has 0 aliphatic carbocycles. The van der Waals surface area contributed by atoms with Crippen LogP contribution in [0.3, 0.4) is 0 Å². The highest BCUT2D eigenvalue weighted by Gasteiger charge is 2.27. The molecule has 0 bridgehead atoms. The van der Waals surface area contributed by atoms with Gasteiger partial charge in [-0.3, -0.25) is 9.59 Å². The Balaban J connectivity index is 1.30. The number of nitrogens with zero attached hydrogens (tertiary/aromatic N) is 2. The third kappa shape index (κ3) is 5.04. The fourth-order valence-corrected chi connectivity index (χ4v) is 6.01. The van der Waals surface area contributed by atoms with E-state index < -0.39 is 9.84 Å². The number of benzene rings is 2. The number of hydrogen-bond donors (Lipinski definition) is 0. The van der Waals surface area contributed by atoms with Crippen molar-refractivity contribution in [3.8, 4) is 0 Å². The highest BCUT2D eigenvalue weighted by Crippen LogP contribution is 2.31. The number of carbonyl (C=O) groups excluding carboxylic acids is 2. The predicted octanol–water partition coefficient (Wildman–Crippen LogP) is 3.24. The monoisotopic (exact) mass is 454 g/mol. The summed E-state index contributed by atoms with van der Waals surface area (Å²) in [6.45, 7) is 3.47. The molecule has 0 unspecified atom stereocenters. The molecule has 1 saturated heterocycles. The van der Waals surface area contributed by atoms with Gasteiger partial charge in [-0.1, -0.05) is 30.3 Å². The molecule has 2 amide bonds. The Morgan fingerprint density at radius 2 is 1.72 bits per heavy atom. The van der Waals surface area contributed by atoms with Crippen LogP contribution in [-0.2, 0) is 32.3 Å². The second-order valence-electron chi connectivity index (χ2n) is 8.79. The van der Waals surface area contributed by atoms with Crippen molar-refractivity contribution in [3.05, 3.63) is 59.7 Å². The normalized spacial score (nSPS) is 16.8. The smallest absolute Gasteiger partial charge is 0.223 e. The second-order valence-corrected chi connectivity index (χ2v) is 10.9. The molecule has 1 fully saturated rings. The lowest BCUT2D eigenvalue weighted by atomic mass is 9.90. The first-order chi connectivity index (χ1) is 15.3. The average Bonchev–Trinajstić information content (AvgIpc) is 3.22. The summed E-state index contributed by atoms with van der Waals surface area (Å²) in [6, 6.07) is 15.3. The van der Waals surface area contributed by atoms with Crippen LogP contribution in [0.5, 0.6) is 0 Å². The summed E-state index contributed by atoms with van der Waals surface area (Å²) < 4.78 is 25.7. The Labute approximate surface area is 190 Å². The van der Waals surface area contributed by atoms with E-state index in [2.05, 4.69) is 24.3 Å². The van der Waals surface area contributed by atoms with Gasteiger partial charge in [-0.15, -0.1) is 0 Å². The molecule has 32 heavy (non-hydrogen) atoms. The molecule has 0 aromatic heterocycles. The molecule has 2 aromatic carbocycles. The summed E-state index contributed by atoms with van der Waals surface area (Å²) in [5.41, 5.74) is 2.98. The minimum Gasteiger partial charge on any atom is -0.343 e. The van der Waals surface area contributed by atoms with Crippen LogP contribution in [0.4, 0.5) is 5.69 Å². The molecule has 6 nitrogen and oxygen atoms in total. The van der Waals surface area contributed by atoms with Gasteiger partial charge in [0.05, 0.1) is 10.6 Å². The van der Waals surface area contributed by atoms with Gasteiger partial charge in [-0.05, 0) is 60.9 Å². The van der Waals surface area contributed by atoms with E-state index in [0.29, 0.717) is 32.0 Å². The Kier molecular flexibility index (Phi) is 6.65. The Hall–Kier alpha value is -2.67. The van der Waals surface area contributed by atoms with Crippen molar-refractivity contribution in [2.24, 2.45) is 5.92 Å². The van der Waals surface area contributed by atoms with Gasteiger partial charge >= 0.3 is 0 Å². The highest BCUT2D eigenvalue weighted by molar-refractivity contribution is 7.91. The predicted molar refractivity (Wildman–Crippen MR) is 124 cm³/mol. The average molecular weight is 455 g/mol. The Morgan fingerprint density at radius 1 is 1.00 bits per heavy atom. The number of amides is 2. The Bertz CT molecular complexity index is 1090. The largest absolute Gasteiger partial charge is 0.343 e. The molecule has 0 spiro atoms. The molecular weight excluding hydrogens is 424 g/mol. The molecule has 7 heteroatoms. The van der Waals surface area contributed by atoms with Crippen molar-refractivity contribution < 1.29 is 18.0 Å². The first-order valence-electron chi connectivity index (χ1n) is 11.3. The van der Waals surface area contributed by atoms with Gasteiger partial charge in [-0.25, -0.2) is 8.42 Å². The quantitative estimate of drug-likeness (QED) is 0.672. The fourth-order valence-electron chi connectivity index (χ4n) is 4.73. The minimum absolute atomic E-state index is 0.00232. The molecule has 0 radical (unpaired) electrons. The number of anilines is 1. The third-order valence-electron chi connectivity index (χ3n) is 6.60. The molecule has 0 atom stereocenters. The van der Waals surface area contributed by atoms with Crippen LogP contribution in [0.25, 0.3) is 0 Å². The maximum absolute atomic E-state index is 12.8. The zero-order chi connectivity index (χ0) is 22.7. The van der Waals surface area contributed by atoms with E-state index in [1.54, 1.807) is 23.1 Å². The van der Waals surface area contributed by atoms with Gasteiger partial charge in [0, 0.05) is 38.7 Å². The molecule has 170 valence electrons. The van der Waals surface area contributed by atoms with Crippen molar-refractivity contribution in [2.75, 3.05) is 30.3 Å². The standard InChI is InChI=1S/C25H30N2O4S/c1-19(28)27-15-11-22-18-23(7-8-24(22)27)32(30,31)16-12-25(29)26-13-9-21(10-14-26)17-20-5-3-2-4-6-20/h2-8,18,21H,9-17H2,1H3. The van der Waals surface area contributed by atoms with Gasteiger partial charge in [0.2, 0.25) is 11.8 Å². The first-order valence-corrected chi connectivity index (χ1v) is 12.9. The van der Waals surface area contributed by atoms with Gasteiger partial charge in [0.1, 0.15) is 0 Å². The fraction of sp³-hybridized carbons (Fsp3) is 0.440. The van der Waals surface area contributed by atoms with Gasteiger partial charge in [0.15, 0.2) is 9.84 Å². The number of hydrogen-bond acceptors (Lipinski definition) is 4. The van der Waals surface area contributed by atoms with Crippen molar-refractivity contribution in [1.82, 2.24) is 4.90 Å². The van der Waals surface area contributed by atoms with E-state index in [-0.39, 0.29) is 28.9 Å². The van der Waals surface area contributed by atoms with E-state index in [9.17, 15) is 18.0 Å². The van der Waals surface area contributed by atoms with E-state index >= 15 is 0 Å². The van der Waals surface area contributed by atoms with Crippen LogP contribution >= 0.6 is 0 Å².